The lowest BCUT2D eigenvalue weighted by Crippen LogP contribution is -2.41. The predicted octanol–water partition coefficient (Wildman–Crippen LogP) is 4.83. The fourth-order valence-corrected chi connectivity index (χ4v) is 2.95. The Kier molecular flexibility index (Phi) is 6.41. The largest absolute Gasteiger partial charge is 0.444 e. The summed E-state index contributed by atoms with van der Waals surface area (Å²) in [7, 11) is 0. The molecule has 2 rings (SSSR count). The Bertz CT molecular complexity index is 567. The van der Waals surface area contributed by atoms with Crippen LogP contribution < -0.4 is 0 Å². The van der Waals surface area contributed by atoms with Crippen molar-refractivity contribution in [3.63, 3.8) is 0 Å². The lowest BCUT2D eigenvalue weighted by atomic mass is 9.92. The second-order valence-electron chi connectivity index (χ2n) is 7.62. The van der Waals surface area contributed by atoms with Gasteiger partial charge in [-0.15, -0.1) is 0 Å². The van der Waals surface area contributed by atoms with Gasteiger partial charge in [0.1, 0.15) is 5.60 Å². The van der Waals surface area contributed by atoms with Crippen molar-refractivity contribution in [3.8, 4) is 0 Å². The van der Waals surface area contributed by atoms with E-state index in [1.54, 1.807) is 0 Å². The van der Waals surface area contributed by atoms with Gasteiger partial charge in [0, 0.05) is 25.0 Å². The molecule has 132 valence electrons. The highest BCUT2D eigenvalue weighted by Crippen LogP contribution is 2.23. The van der Waals surface area contributed by atoms with Gasteiger partial charge in [-0.05, 0) is 77.0 Å². The highest BCUT2D eigenvalue weighted by molar-refractivity contribution is 5.68. The Morgan fingerprint density at radius 1 is 1.38 bits per heavy atom. The number of likely N-dealkylation sites (tertiary alicyclic amines) is 1. The maximum absolute atomic E-state index is 12.1. The van der Waals surface area contributed by atoms with E-state index in [2.05, 4.69) is 23.2 Å². The number of nitrogens with zero attached hydrogens (tertiary/aromatic N) is 2. The molecule has 1 aromatic heterocycles. The minimum Gasteiger partial charge on any atom is -0.444 e. The molecule has 1 saturated heterocycles. The fraction of sp³-hybridized carbons (Fsp3) is 0.600. The van der Waals surface area contributed by atoms with Gasteiger partial charge in [-0.3, -0.25) is 4.98 Å². The van der Waals surface area contributed by atoms with Crippen LogP contribution >= 0.6 is 0 Å². The first-order valence-corrected chi connectivity index (χ1v) is 8.90. The van der Waals surface area contributed by atoms with Gasteiger partial charge >= 0.3 is 6.09 Å². The first-order chi connectivity index (χ1) is 11.3. The second kappa shape index (κ2) is 8.32. The lowest BCUT2D eigenvalue weighted by Gasteiger charge is -2.33. The number of hydrogen-bond donors (Lipinski definition) is 0. The van der Waals surface area contributed by atoms with Crippen LogP contribution in [0.1, 0.15) is 57.7 Å². The molecule has 2 heterocycles. The number of hydrogen-bond acceptors (Lipinski definition) is 3. The molecule has 0 radical (unpaired) electrons. The third-order valence-electron chi connectivity index (χ3n) is 4.24. The van der Waals surface area contributed by atoms with Gasteiger partial charge in [0.15, 0.2) is 0 Å². The zero-order valence-electron chi connectivity index (χ0n) is 15.4. The minimum atomic E-state index is -0.413. The maximum Gasteiger partial charge on any atom is 0.410 e. The molecule has 0 atom stereocenters. The Labute approximate surface area is 145 Å². The van der Waals surface area contributed by atoms with Crippen LogP contribution in [0.5, 0.6) is 0 Å². The molecule has 1 aliphatic heterocycles. The van der Waals surface area contributed by atoms with Crippen molar-refractivity contribution in [2.45, 2.75) is 59.0 Å². The van der Waals surface area contributed by atoms with E-state index in [1.165, 1.54) is 12.0 Å². The first kappa shape index (κ1) is 18.5. The molecule has 0 N–H and O–H groups in total. The minimum absolute atomic E-state index is 0.172. The van der Waals surface area contributed by atoms with Gasteiger partial charge in [-0.1, -0.05) is 12.2 Å². The number of rotatable bonds is 4. The monoisotopic (exact) mass is 330 g/mol. The molecule has 0 aliphatic carbocycles. The number of pyridine rings is 1. The van der Waals surface area contributed by atoms with Crippen LogP contribution in [0.2, 0.25) is 0 Å². The summed E-state index contributed by atoms with van der Waals surface area (Å²) in [4.78, 5) is 18.1. The molecule has 0 spiro atoms. The van der Waals surface area contributed by atoms with Gasteiger partial charge in [0.25, 0.3) is 0 Å². The third-order valence-corrected chi connectivity index (χ3v) is 4.24. The number of piperidine rings is 1. The molecule has 4 heteroatoms. The highest BCUT2D eigenvalue weighted by atomic mass is 16.6. The summed E-state index contributed by atoms with van der Waals surface area (Å²) in [6.45, 7) is 9.37. The Balaban J connectivity index is 1.69. The van der Waals surface area contributed by atoms with Crippen molar-refractivity contribution in [3.05, 3.63) is 35.7 Å². The van der Waals surface area contributed by atoms with Gasteiger partial charge < -0.3 is 9.64 Å². The van der Waals surface area contributed by atoms with E-state index in [9.17, 15) is 4.79 Å². The van der Waals surface area contributed by atoms with E-state index in [4.69, 9.17) is 4.74 Å². The summed E-state index contributed by atoms with van der Waals surface area (Å²) < 4.78 is 5.44. The molecule has 0 bridgehead atoms. The normalized spacial score (nSPS) is 16.6. The third kappa shape index (κ3) is 6.34. The number of allylic oxidation sites excluding steroid dienone is 1. The summed E-state index contributed by atoms with van der Waals surface area (Å²) in [5.74, 6) is 0.701. The summed E-state index contributed by atoms with van der Waals surface area (Å²) >= 11 is 0. The molecule has 4 nitrogen and oxygen atoms in total. The van der Waals surface area contributed by atoms with Crippen LogP contribution in [0.4, 0.5) is 4.79 Å². The van der Waals surface area contributed by atoms with E-state index in [-0.39, 0.29) is 6.09 Å². The van der Waals surface area contributed by atoms with Gasteiger partial charge in [-0.2, -0.15) is 0 Å². The summed E-state index contributed by atoms with van der Waals surface area (Å²) in [5.41, 5.74) is 1.85. The molecule has 1 fully saturated rings. The molecule has 1 aliphatic rings. The number of aromatic nitrogens is 1. The van der Waals surface area contributed by atoms with Gasteiger partial charge in [0.2, 0.25) is 0 Å². The van der Waals surface area contributed by atoms with Crippen LogP contribution in [-0.2, 0) is 4.74 Å². The molecular formula is C20H30N2O2. The number of aryl methyl sites for hydroxylation is 1. The molecule has 0 saturated carbocycles. The van der Waals surface area contributed by atoms with Crippen LogP contribution in [0, 0.1) is 12.8 Å². The number of carbonyl (C=O) groups excluding carboxylic acids is 1. The molecule has 1 aromatic rings. The number of carbonyl (C=O) groups is 1. The van der Waals surface area contributed by atoms with E-state index in [0.717, 1.165) is 38.0 Å². The van der Waals surface area contributed by atoms with E-state index < -0.39 is 5.60 Å². The summed E-state index contributed by atoms with van der Waals surface area (Å²) in [6, 6.07) is 4.12. The fourth-order valence-electron chi connectivity index (χ4n) is 2.95. The van der Waals surface area contributed by atoms with E-state index in [1.807, 2.05) is 44.9 Å². The quantitative estimate of drug-likeness (QED) is 0.794. The smallest absolute Gasteiger partial charge is 0.410 e. The highest BCUT2D eigenvalue weighted by Gasteiger charge is 2.26. The topological polar surface area (TPSA) is 42.4 Å². The number of amides is 1. The summed E-state index contributed by atoms with van der Waals surface area (Å²) in [5, 5.41) is 0. The number of ether oxygens (including phenoxy) is 1. The molecule has 0 aromatic carbocycles. The molecule has 1 amide bonds. The Morgan fingerprint density at radius 3 is 2.71 bits per heavy atom. The van der Waals surface area contributed by atoms with Crippen molar-refractivity contribution >= 4 is 12.2 Å². The zero-order chi connectivity index (χ0) is 17.6. The molecule has 24 heavy (non-hydrogen) atoms. The lowest BCUT2D eigenvalue weighted by molar-refractivity contribution is 0.0181. The zero-order valence-corrected chi connectivity index (χ0v) is 15.4. The predicted molar refractivity (Wildman–Crippen MR) is 97.8 cm³/mol. The van der Waals surface area contributed by atoms with E-state index >= 15 is 0 Å². The molecule has 0 unspecified atom stereocenters. The van der Waals surface area contributed by atoms with Gasteiger partial charge in [0.05, 0.1) is 0 Å². The van der Waals surface area contributed by atoms with Crippen LogP contribution in [0.15, 0.2) is 24.4 Å². The standard InChI is InChI=1S/C20H30N2O2/c1-16-15-18(9-12-21-16)8-6-5-7-17-10-13-22(14-11-17)19(23)24-20(2,3)4/h6,8-9,12,15,17H,5,7,10-11,13-14H2,1-4H3/b8-6+. The summed E-state index contributed by atoms with van der Waals surface area (Å²) in [6.07, 6.45) is 10.5. The average Bonchev–Trinajstić information content (AvgIpc) is 2.50. The van der Waals surface area contributed by atoms with Crippen molar-refractivity contribution in [2.75, 3.05) is 13.1 Å². The van der Waals surface area contributed by atoms with Crippen molar-refractivity contribution in [1.29, 1.82) is 0 Å². The van der Waals surface area contributed by atoms with Gasteiger partial charge in [-0.25, -0.2) is 4.79 Å². The maximum atomic E-state index is 12.1. The second-order valence-corrected chi connectivity index (χ2v) is 7.62. The van der Waals surface area contributed by atoms with E-state index in [0.29, 0.717) is 5.92 Å². The van der Waals surface area contributed by atoms with Crippen LogP contribution in [-0.4, -0.2) is 34.7 Å². The Hall–Kier alpha value is -1.84. The van der Waals surface area contributed by atoms with Crippen LogP contribution in [0.25, 0.3) is 6.08 Å². The average molecular weight is 330 g/mol. The first-order valence-electron chi connectivity index (χ1n) is 8.90. The van der Waals surface area contributed by atoms with Crippen molar-refractivity contribution in [2.24, 2.45) is 5.92 Å². The molecular weight excluding hydrogens is 300 g/mol. The Morgan fingerprint density at radius 2 is 2.08 bits per heavy atom. The SMILES string of the molecule is Cc1cc(/C=C/CCC2CCN(C(=O)OC(C)(C)C)CC2)ccn1. The van der Waals surface area contributed by atoms with Crippen LogP contribution in [0.3, 0.4) is 0 Å². The van der Waals surface area contributed by atoms with Crippen molar-refractivity contribution in [1.82, 2.24) is 9.88 Å². The van der Waals surface area contributed by atoms with Crippen molar-refractivity contribution < 1.29 is 9.53 Å².